The lowest BCUT2D eigenvalue weighted by molar-refractivity contribution is -0.113. The molecule has 0 aromatic carbocycles. The van der Waals surface area contributed by atoms with E-state index in [-0.39, 0.29) is 35.0 Å². The first-order valence-corrected chi connectivity index (χ1v) is 14.1. The minimum Gasteiger partial charge on any atom is -0.496 e. The fraction of sp³-hybridized carbons (Fsp3) is 0.414. The van der Waals surface area contributed by atoms with Gasteiger partial charge in [-0.2, -0.15) is 4.98 Å². The van der Waals surface area contributed by atoms with E-state index >= 15 is 0 Å². The highest BCUT2D eigenvalue weighted by Gasteiger charge is 2.38. The number of hydrogen-bond acceptors (Lipinski definition) is 9. The Kier molecular flexibility index (Phi) is 8.48. The molecule has 1 saturated heterocycles. The maximum atomic E-state index is 13.9. The number of pyridine rings is 1. The summed E-state index contributed by atoms with van der Waals surface area (Å²) in [7, 11) is 1.60. The SMILES string of the molecule is COc1c(C)cnc(CN2C(=O)C(=Cc3[nH]c(C)c(C(=O)NCCN4CCOCC4)c3C)c3c(Cl)nc(N)nc32)c1C. The molecule has 13 heteroatoms. The number of H-pyrrole nitrogens is 1. The maximum absolute atomic E-state index is 13.9. The van der Waals surface area contributed by atoms with Gasteiger partial charge in [-0.05, 0) is 39.3 Å². The molecule has 42 heavy (non-hydrogen) atoms. The normalized spacial score (nSPS) is 16.3. The summed E-state index contributed by atoms with van der Waals surface area (Å²) in [6.07, 6.45) is 3.40. The highest BCUT2D eigenvalue weighted by molar-refractivity contribution is 6.41. The molecule has 0 bridgehead atoms. The molecule has 0 aliphatic carbocycles. The van der Waals surface area contributed by atoms with Crippen LogP contribution in [-0.4, -0.2) is 83.2 Å². The summed E-state index contributed by atoms with van der Waals surface area (Å²) >= 11 is 6.54. The van der Waals surface area contributed by atoms with E-state index in [1.165, 1.54) is 4.90 Å². The van der Waals surface area contributed by atoms with Gasteiger partial charge in [-0.3, -0.25) is 24.4 Å². The zero-order valence-electron chi connectivity index (χ0n) is 24.4. The van der Waals surface area contributed by atoms with Gasteiger partial charge in [0.15, 0.2) is 5.82 Å². The third kappa shape index (κ3) is 5.57. The van der Waals surface area contributed by atoms with Crippen LogP contribution in [0.25, 0.3) is 11.6 Å². The molecule has 1 fully saturated rings. The van der Waals surface area contributed by atoms with Crippen molar-refractivity contribution in [2.24, 2.45) is 0 Å². The number of nitrogens with two attached hydrogens (primary N) is 1. The minimum absolute atomic E-state index is 0.0492. The van der Waals surface area contributed by atoms with Crippen molar-refractivity contribution in [3.8, 4) is 5.75 Å². The molecule has 12 nitrogen and oxygen atoms in total. The van der Waals surface area contributed by atoms with E-state index in [9.17, 15) is 9.59 Å². The summed E-state index contributed by atoms with van der Waals surface area (Å²) in [5, 5.41) is 3.08. The van der Waals surface area contributed by atoms with E-state index in [0.717, 1.165) is 30.8 Å². The van der Waals surface area contributed by atoms with Crippen LogP contribution >= 0.6 is 11.6 Å². The molecule has 0 saturated carbocycles. The molecule has 3 aromatic heterocycles. The molecule has 0 atom stereocenters. The molecule has 2 aliphatic heterocycles. The number of carbonyl (C=O) groups is 2. The number of halogens is 1. The smallest absolute Gasteiger partial charge is 0.260 e. The Balaban J connectivity index is 1.45. The molecule has 0 spiro atoms. The third-order valence-electron chi connectivity index (χ3n) is 7.73. The number of nitrogens with zero attached hydrogens (tertiary/aromatic N) is 5. The van der Waals surface area contributed by atoms with Gasteiger partial charge in [-0.15, -0.1) is 0 Å². The molecule has 4 N–H and O–H groups in total. The minimum atomic E-state index is -0.337. The van der Waals surface area contributed by atoms with Crippen molar-refractivity contribution in [3.63, 3.8) is 0 Å². The van der Waals surface area contributed by atoms with E-state index in [2.05, 4.69) is 30.2 Å². The monoisotopic (exact) mass is 594 g/mol. The number of carbonyl (C=O) groups excluding carboxylic acids is 2. The van der Waals surface area contributed by atoms with Gasteiger partial charge in [-0.25, -0.2) is 4.98 Å². The van der Waals surface area contributed by atoms with Crippen molar-refractivity contribution in [1.29, 1.82) is 0 Å². The fourth-order valence-electron chi connectivity index (χ4n) is 5.52. The Bertz CT molecular complexity index is 1580. The molecule has 0 radical (unpaired) electrons. The quantitative estimate of drug-likeness (QED) is 0.264. The van der Waals surface area contributed by atoms with E-state index in [4.69, 9.17) is 26.8 Å². The summed E-state index contributed by atoms with van der Waals surface area (Å²) in [5.41, 5.74) is 11.5. The van der Waals surface area contributed by atoms with Crippen LogP contribution in [0.4, 0.5) is 11.8 Å². The first kappa shape index (κ1) is 29.5. The Morgan fingerprint density at radius 1 is 1.21 bits per heavy atom. The van der Waals surface area contributed by atoms with Crippen LogP contribution in [0.15, 0.2) is 6.20 Å². The van der Waals surface area contributed by atoms with Gasteiger partial charge in [0.1, 0.15) is 10.9 Å². The average molecular weight is 595 g/mol. The molecule has 5 rings (SSSR count). The van der Waals surface area contributed by atoms with Crippen LogP contribution in [0.3, 0.4) is 0 Å². The van der Waals surface area contributed by atoms with Crippen LogP contribution in [0.1, 0.15) is 49.7 Å². The first-order chi connectivity index (χ1) is 20.1. The van der Waals surface area contributed by atoms with Gasteiger partial charge in [0.05, 0.1) is 49.3 Å². The van der Waals surface area contributed by atoms with Crippen molar-refractivity contribution in [1.82, 2.24) is 30.2 Å². The van der Waals surface area contributed by atoms with Crippen molar-refractivity contribution in [2.75, 3.05) is 57.1 Å². The third-order valence-corrected chi connectivity index (χ3v) is 8.00. The predicted molar refractivity (Wildman–Crippen MR) is 161 cm³/mol. The standard InChI is InChI=1S/C29H35ClN8O4/c1-15-13-33-21(17(3)24(15)41-5)14-38-26-23(25(30)35-29(31)36-26)19(28(38)40)12-20-16(2)22(18(4)34-20)27(39)32-6-7-37-8-10-42-11-9-37/h12-13,34H,6-11,14H2,1-5H3,(H,32,39)(H2,31,35,36). The lowest BCUT2D eigenvalue weighted by Gasteiger charge is -2.26. The molecule has 2 aliphatic rings. The number of morpholine rings is 1. The highest BCUT2D eigenvalue weighted by atomic mass is 35.5. The number of anilines is 2. The summed E-state index contributed by atoms with van der Waals surface area (Å²) in [6, 6.07) is 0. The number of ether oxygens (including phenoxy) is 2. The van der Waals surface area contributed by atoms with Gasteiger partial charge in [0.25, 0.3) is 11.8 Å². The first-order valence-electron chi connectivity index (χ1n) is 13.7. The topological polar surface area (TPSA) is 152 Å². The zero-order valence-corrected chi connectivity index (χ0v) is 25.2. The predicted octanol–water partition coefficient (Wildman–Crippen LogP) is 2.83. The van der Waals surface area contributed by atoms with Crippen molar-refractivity contribution < 1.29 is 19.1 Å². The Morgan fingerprint density at radius 2 is 1.95 bits per heavy atom. The van der Waals surface area contributed by atoms with E-state index in [1.54, 1.807) is 19.4 Å². The number of fused-ring (bicyclic) bond motifs is 1. The van der Waals surface area contributed by atoms with Crippen LogP contribution in [0.2, 0.25) is 5.15 Å². The summed E-state index contributed by atoms with van der Waals surface area (Å²) < 4.78 is 10.9. The number of aryl methyl sites for hydroxylation is 2. The summed E-state index contributed by atoms with van der Waals surface area (Å²) in [6.45, 7) is 12.0. The van der Waals surface area contributed by atoms with Gasteiger partial charge >= 0.3 is 0 Å². The Labute approximate surface area is 249 Å². The largest absolute Gasteiger partial charge is 0.496 e. The molecule has 5 heterocycles. The molecule has 3 aromatic rings. The molecule has 222 valence electrons. The van der Waals surface area contributed by atoms with Gasteiger partial charge in [0.2, 0.25) is 5.95 Å². The second-order valence-corrected chi connectivity index (χ2v) is 10.8. The Hall–Kier alpha value is -4.00. The zero-order chi connectivity index (χ0) is 30.1. The average Bonchev–Trinajstić information content (AvgIpc) is 3.38. The number of nitrogen functional groups attached to an aromatic ring is 1. The van der Waals surface area contributed by atoms with Gasteiger partial charge in [0, 0.05) is 54.9 Å². The van der Waals surface area contributed by atoms with E-state index < -0.39 is 0 Å². The van der Waals surface area contributed by atoms with E-state index in [0.29, 0.717) is 65.1 Å². The fourth-order valence-corrected chi connectivity index (χ4v) is 5.79. The number of hydrogen-bond donors (Lipinski definition) is 3. The van der Waals surface area contributed by atoms with Crippen LogP contribution in [-0.2, 0) is 16.1 Å². The number of methoxy groups -OCH3 is 1. The van der Waals surface area contributed by atoms with Gasteiger partial charge < -0.3 is 25.5 Å². The number of aromatic nitrogens is 4. The second kappa shape index (κ2) is 12.1. The summed E-state index contributed by atoms with van der Waals surface area (Å²) in [4.78, 5) is 47.1. The lowest BCUT2D eigenvalue weighted by atomic mass is 10.1. The van der Waals surface area contributed by atoms with Gasteiger partial charge in [-0.1, -0.05) is 11.6 Å². The van der Waals surface area contributed by atoms with Crippen molar-refractivity contribution in [2.45, 2.75) is 34.2 Å². The summed E-state index contributed by atoms with van der Waals surface area (Å²) in [5.74, 6) is 0.438. The highest BCUT2D eigenvalue weighted by Crippen LogP contribution is 2.42. The Morgan fingerprint density at radius 3 is 2.67 bits per heavy atom. The molecular formula is C29H35ClN8O4. The van der Waals surface area contributed by atoms with Crippen molar-refractivity contribution >= 4 is 46.8 Å². The maximum Gasteiger partial charge on any atom is 0.260 e. The molecule has 0 unspecified atom stereocenters. The number of aromatic amines is 1. The number of rotatable bonds is 8. The number of amides is 2. The second-order valence-electron chi connectivity index (χ2n) is 10.4. The molecule has 2 amide bonds. The van der Waals surface area contributed by atoms with Crippen LogP contribution < -0.4 is 20.7 Å². The van der Waals surface area contributed by atoms with E-state index in [1.807, 2.05) is 27.7 Å². The lowest BCUT2D eigenvalue weighted by Crippen LogP contribution is -2.41. The number of nitrogens with one attached hydrogen (secondary N) is 2. The van der Waals surface area contributed by atoms with Crippen molar-refractivity contribution in [3.05, 3.63) is 56.2 Å². The van der Waals surface area contributed by atoms with Crippen LogP contribution in [0.5, 0.6) is 5.75 Å². The van der Waals surface area contributed by atoms with Crippen LogP contribution in [0, 0.1) is 27.7 Å². The molecular weight excluding hydrogens is 560 g/mol.